The van der Waals surface area contributed by atoms with Crippen LogP contribution < -0.4 is 5.73 Å². The fourth-order valence-electron chi connectivity index (χ4n) is 2.82. The SMILES string of the molecule is CN(C)C1CCc2oc3c(F)cc(N)c(F)c3c2C1. The Morgan fingerprint density at radius 1 is 1.37 bits per heavy atom. The zero-order chi connectivity index (χ0) is 13.7. The Labute approximate surface area is 110 Å². The molecule has 0 amide bonds. The molecule has 19 heavy (non-hydrogen) atoms. The van der Waals surface area contributed by atoms with Gasteiger partial charge in [-0.2, -0.15) is 0 Å². The van der Waals surface area contributed by atoms with Crippen LogP contribution in [0.5, 0.6) is 0 Å². The molecule has 3 rings (SSSR count). The van der Waals surface area contributed by atoms with E-state index in [0.717, 1.165) is 18.1 Å². The minimum absolute atomic E-state index is 0.00361. The number of aryl methyl sites for hydroxylation is 1. The van der Waals surface area contributed by atoms with Gasteiger partial charge in [-0.3, -0.25) is 0 Å². The largest absolute Gasteiger partial charge is 0.458 e. The minimum Gasteiger partial charge on any atom is -0.458 e. The maximum Gasteiger partial charge on any atom is 0.173 e. The number of furan rings is 1. The molecule has 1 atom stereocenters. The summed E-state index contributed by atoms with van der Waals surface area (Å²) in [6, 6.07) is 1.30. The summed E-state index contributed by atoms with van der Waals surface area (Å²) < 4.78 is 33.5. The van der Waals surface area contributed by atoms with Crippen LogP contribution in [0, 0.1) is 11.6 Å². The van der Waals surface area contributed by atoms with Gasteiger partial charge in [0.25, 0.3) is 0 Å². The van der Waals surface area contributed by atoms with Gasteiger partial charge in [-0.15, -0.1) is 0 Å². The van der Waals surface area contributed by atoms with Crippen molar-refractivity contribution in [1.29, 1.82) is 0 Å². The average molecular weight is 266 g/mol. The van der Waals surface area contributed by atoms with Crippen molar-refractivity contribution in [2.45, 2.75) is 25.3 Å². The van der Waals surface area contributed by atoms with Crippen molar-refractivity contribution >= 4 is 16.7 Å². The zero-order valence-electron chi connectivity index (χ0n) is 11.0. The van der Waals surface area contributed by atoms with E-state index in [2.05, 4.69) is 4.90 Å². The Morgan fingerprint density at radius 2 is 2.11 bits per heavy atom. The number of hydrogen-bond acceptors (Lipinski definition) is 3. The highest BCUT2D eigenvalue weighted by Crippen LogP contribution is 2.37. The molecular formula is C14H16F2N2O. The molecule has 1 heterocycles. The van der Waals surface area contributed by atoms with Crippen molar-refractivity contribution in [3.63, 3.8) is 0 Å². The van der Waals surface area contributed by atoms with Gasteiger partial charge in [0.15, 0.2) is 17.2 Å². The Balaban J connectivity index is 2.22. The van der Waals surface area contributed by atoms with Crippen LogP contribution in [0.2, 0.25) is 0 Å². The number of rotatable bonds is 1. The molecule has 1 aromatic carbocycles. The summed E-state index contributed by atoms with van der Waals surface area (Å²) in [5.41, 5.74) is 6.10. The molecule has 2 aromatic rings. The van der Waals surface area contributed by atoms with Gasteiger partial charge in [-0.1, -0.05) is 0 Å². The van der Waals surface area contributed by atoms with Crippen molar-refractivity contribution in [1.82, 2.24) is 4.90 Å². The van der Waals surface area contributed by atoms with Crippen molar-refractivity contribution in [2.24, 2.45) is 0 Å². The van der Waals surface area contributed by atoms with Crippen LogP contribution in [-0.2, 0) is 12.8 Å². The highest BCUT2D eigenvalue weighted by molar-refractivity contribution is 5.87. The van der Waals surface area contributed by atoms with Crippen LogP contribution in [0.4, 0.5) is 14.5 Å². The Hall–Kier alpha value is -1.62. The topological polar surface area (TPSA) is 42.4 Å². The third-order valence-electron chi connectivity index (χ3n) is 3.94. The summed E-state index contributed by atoms with van der Waals surface area (Å²) in [4.78, 5) is 2.10. The van der Waals surface area contributed by atoms with E-state index in [0.29, 0.717) is 24.6 Å². The lowest BCUT2D eigenvalue weighted by atomic mass is 9.91. The molecular weight excluding hydrogens is 250 g/mol. The number of benzene rings is 1. The number of fused-ring (bicyclic) bond motifs is 3. The Morgan fingerprint density at radius 3 is 2.79 bits per heavy atom. The van der Waals surface area contributed by atoms with Crippen molar-refractivity contribution < 1.29 is 13.2 Å². The van der Waals surface area contributed by atoms with Crippen molar-refractivity contribution in [2.75, 3.05) is 19.8 Å². The third kappa shape index (κ3) is 1.80. The summed E-state index contributed by atoms with van der Waals surface area (Å²) in [5.74, 6) is -0.470. The fraction of sp³-hybridized carbons (Fsp3) is 0.429. The fourth-order valence-corrected chi connectivity index (χ4v) is 2.82. The molecule has 1 aliphatic rings. The molecule has 0 aliphatic heterocycles. The van der Waals surface area contributed by atoms with Crippen LogP contribution in [0.15, 0.2) is 10.5 Å². The number of nitrogen functional groups attached to an aromatic ring is 1. The first kappa shape index (κ1) is 12.4. The molecule has 102 valence electrons. The van der Waals surface area contributed by atoms with E-state index in [1.54, 1.807) is 0 Å². The summed E-state index contributed by atoms with van der Waals surface area (Å²) in [5, 5.41) is 0.221. The first-order valence-electron chi connectivity index (χ1n) is 6.33. The molecule has 1 unspecified atom stereocenters. The van der Waals surface area contributed by atoms with E-state index < -0.39 is 11.6 Å². The summed E-state index contributed by atoms with van der Waals surface area (Å²) in [7, 11) is 3.98. The molecule has 0 fully saturated rings. The van der Waals surface area contributed by atoms with E-state index in [9.17, 15) is 8.78 Å². The lowest BCUT2D eigenvalue weighted by Crippen LogP contribution is -2.33. The number of nitrogens with two attached hydrogens (primary N) is 1. The number of likely N-dealkylation sites (N-methyl/N-ethyl adjacent to an activating group) is 1. The third-order valence-corrected chi connectivity index (χ3v) is 3.94. The van der Waals surface area contributed by atoms with Crippen LogP contribution in [0.3, 0.4) is 0 Å². The molecule has 2 N–H and O–H groups in total. The van der Waals surface area contributed by atoms with Crippen LogP contribution >= 0.6 is 0 Å². The molecule has 0 saturated carbocycles. The van der Waals surface area contributed by atoms with E-state index in [-0.39, 0.29) is 16.7 Å². The van der Waals surface area contributed by atoms with Crippen LogP contribution in [0.1, 0.15) is 17.7 Å². The smallest absolute Gasteiger partial charge is 0.173 e. The van der Waals surface area contributed by atoms with E-state index >= 15 is 0 Å². The quantitative estimate of drug-likeness (QED) is 0.807. The van der Waals surface area contributed by atoms with E-state index in [1.807, 2.05) is 14.1 Å². The highest BCUT2D eigenvalue weighted by Gasteiger charge is 2.29. The second-order valence-corrected chi connectivity index (χ2v) is 5.33. The van der Waals surface area contributed by atoms with Crippen molar-refractivity contribution in [3.05, 3.63) is 29.0 Å². The molecule has 0 spiro atoms. The first-order valence-corrected chi connectivity index (χ1v) is 6.33. The number of nitrogens with zero attached hydrogens (tertiary/aromatic N) is 1. The standard InChI is InChI=1S/C14H16F2N2O/c1-18(2)7-3-4-11-8(5-7)12-13(16)10(17)6-9(15)14(12)19-11/h6-7H,3-5,17H2,1-2H3. The molecule has 3 nitrogen and oxygen atoms in total. The Bertz CT molecular complexity index is 649. The Kier molecular flexibility index (Phi) is 2.74. The minimum atomic E-state index is -0.593. The normalized spacial score (nSPS) is 19.1. The van der Waals surface area contributed by atoms with Gasteiger partial charge < -0.3 is 15.1 Å². The maximum absolute atomic E-state index is 14.2. The van der Waals surface area contributed by atoms with Gasteiger partial charge in [0, 0.05) is 24.1 Å². The number of hydrogen-bond donors (Lipinski definition) is 1. The molecule has 5 heteroatoms. The second-order valence-electron chi connectivity index (χ2n) is 5.33. The predicted molar refractivity (Wildman–Crippen MR) is 70.0 cm³/mol. The summed E-state index contributed by atoms with van der Waals surface area (Å²) >= 11 is 0. The number of halogens is 2. The number of anilines is 1. The molecule has 0 bridgehead atoms. The van der Waals surface area contributed by atoms with E-state index in [1.165, 1.54) is 0 Å². The van der Waals surface area contributed by atoms with Gasteiger partial charge in [0.1, 0.15) is 5.76 Å². The molecule has 0 radical (unpaired) electrons. The van der Waals surface area contributed by atoms with Gasteiger partial charge >= 0.3 is 0 Å². The van der Waals surface area contributed by atoms with Gasteiger partial charge in [0.2, 0.25) is 0 Å². The molecule has 0 saturated heterocycles. The molecule has 1 aliphatic carbocycles. The van der Waals surface area contributed by atoms with Crippen LogP contribution in [0.25, 0.3) is 11.0 Å². The van der Waals surface area contributed by atoms with Crippen molar-refractivity contribution in [3.8, 4) is 0 Å². The summed E-state index contributed by atoms with van der Waals surface area (Å²) in [6.45, 7) is 0. The first-order chi connectivity index (χ1) is 8.99. The average Bonchev–Trinajstić information content (AvgIpc) is 2.75. The lowest BCUT2D eigenvalue weighted by Gasteiger charge is -2.27. The summed E-state index contributed by atoms with van der Waals surface area (Å²) in [6.07, 6.45) is 2.29. The van der Waals surface area contributed by atoms with Gasteiger partial charge in [0.05, 0.1) is 11.1 Å². The maximum atomic E-state index is 14.2. The molecule has 1 aromatic heterocycles. The van der Waals surface area contributed by atoms with Gasteiger partial charge in [-0.25, -0.2) is 8.78 Å². The predicted octanol–water partition coefficient (Wildman–Crippen LogP) is 2.71. The monoisotopic (exact) mass is 266 g/mol. The lowest BCUT2D eigenvalue weighted by molar-refractivity contribution is 0.260. The van der Waals surface area contributed by atoms with Gasteiger partial charge in [-0.05, 0) is 26.9 Å². The van der Waals surface area contributed by atoms with E-state index in [4.69, 9.17) is 10.2 Å². The highest BCUT2D eigenvalue weighted by atomic mass is 19.1. The van der Waals surface area contributed by atoms with Crippen LogP contribution in [-0.4, -0.2) is 25.0 Å². The zero-order valence-corrected chi connectivity index (χ0v) is 11.0. The second kappa shape index (κ2) is 4.20.